The average molecular weight is 253 g/mol. The molecule has 1 atom stereocenters. The summed E-state index contributed by atoms with van der Waals surface area (Å²) in [4.78, 5) is 50.4. The second-order valence-electron chi connectivity index (χ2n) is 4.00. The van der Waals surface area contributed by atoms with Crippen LogP contribution in [0.25, 0.3) is 0 Å². The van der Waals surface area contributed by atoms with Crippen LogP contribution in [0.3, 0.4) is 0 Å². The standard InChI is InChI=1S/C10H11N3O5/c14-7-4-5(11-10(18)12-7)8(15)13-3-1-2-6(13)9(16)17/h4,6H,1-3H2,(H,16,17)(H2,11,12,14,18). The third-order valence-corrected chi connectivity index (χ3v) is 2.79. The van der Waals surface area contributed by atoms with Crippen LogP contribution >= 0.6 is 0 Å². The number of rotatable bonds is 2. The maximum Gasteiger partial charge on any atom is 0.326 e. The zero-order chi connectivity index (χ0) is 13.3. The van der Waals surface area contributed by atoms with Gasteiger partial charge in [0.25, 0.3) is 11.5 Å². The molecule has 0 aliphatic carbocycles. The van der Waals surface area contributed by atoms with Gasteiger partial charge in [0.15, 0.2) is 0 Å². The Hall–Kier alpha value is -2.38. The Morgan fingerprint density at radius 3 is 2.67 bits per heavy atom. The molecule has 0 spiro atoms. The summed E-state index contributed by atoms with van der Waals surface area (Å²) >= 11 is 0. The van der Waals surface area contributed by atoms with Crippen molar-refractivity contribution in [3.8, 4) is 0 Å². The zero-order valence-electron chi connectivity index (χ0n) is 9.30. The highest BCUT2D eigenvalue weighted by Gasteiger charge is 2.34. The number of nitrogens with one attached hydrogen (secondary N) is 2. The van der Waals surface area contributed by atoms with Crippen LogP contribution in [0.5, 0.6) is 0 Å². The molecule has 1 aliphatic rings. The van der Waals surface area contributed by atoms with E-state index in [9.17, 15) is 19.2 Å². The first-order chi connectivity index (χ1) is 8.49. The first-order valence-electron chi connectivity index (χ1n) is 5.36. The van der Waals surface area contributed by atoms with Crippen molar-refractivity contribution in [3.05, 3.63) is 32.6 Å². The molecule has 18 heavy (non-hydrogen) atoms. The first-order valence-corrected chi connectivity index (χ1v) is 5.36. The Morgan fingerprint density at radius 2 is 2.06 bits per heavy atom. The minimum atomic E-state index is -1.09. The van der Waals surface area contributed by atoms with Crippen molar-refractivity contribution >= 4 is 11.9 Å². The maximum absolute atomic E-state index is 12.0. The van der Waals surface area contributed by atoms with Crippen molar-refractivity contribution in [3.63, 3.8) is 0 Å². The highest BCUT2D eigenvalue weighted by Crippen LogP contribution is 2.18. The van der Waals surface area contributed by atoms with E-state index in [1.54, 1.807) is 0 Å². The number of hydrogen-bond donors (Lipinski definition) is 3. The third-order valence-electron chi connectivity index (χ3n) is 2.79. The third kappa shape index (κ3) is 2.17. The van der Waals surface area contributed by atoms with Crippen molar-refractivity contribution in [1.29, 1.82) is 0 Å². The van der Waals surface area contributed by atoms with Crippen molar-refractivity contribution in [2.45, 2.75) is 18.9 Å². The van der Waals surface area contributed by atoms with Gasteiger partial charge in [-0.05, 0) is 12.8 Å². The van der Waals surface area contributed by atoms with Gasteiger partial charge in [0.1, 0.15) is 11.7 Å². The number of amides is 1. The van der Waals surface area contributed by atoms with Gasteiger partial charge in [-0.2, -0.15) is 0 Å². The summed E-state index contributed by atoms with van der Waals surface area (Å²) in [5.74, 6) is -1.74. The smallest absolute Gasteiger partial charge is 0.326 e. The maximum atomic E-state index is 12.0. The molecule has 0 aromatic carbocycles. The van der Waals surface area contributed by atoms with Gasteiger partial charge in [0.2, 0.25) is 0 Å². The Bertz CT molecular complexity index is 574. The summed E-state index contributed by atoms with van der Waals surface area (Å²) in [7, 11) is 0. The number of aromatic amines is 2. The van der Waals surface area contributed by atoms with Gasteiger partial charge >= 0.3 is 11.7 Å². The normalized spacial score (nSPS) is 18.9. The quantitative estimate of drug-likeness (QED) is 0.607. The second-order valence-corrected chi connectivity index (χ2v) is 4.00. The van der Waals surface area contributed by atoms with E-state index in [2.05, 4.69) is 4.98 Å². The van der Waals surface area contributed by atoms with Gasteiger partial charge < -0.3 is 15.0 Å². The number of nitrogens with zero attached hydrogens (tertiary/aromatic N) is 1. The van der Waals surface area contributed by atoms with Crippen LogP contribution < -0.4 is 11.2 Å². The van der Waals surface area contributed by atoms with Crippen LogP contribution in [0.1, 0.15) is 23.3 Å². The van der Waals surface area contributed by atoms with Gasteiger partial charge in [-0.15, -0.1) is 0 Å². The number of likely N-dealkylation sites (tertiary alicyclic amines) is 1. The van der Waals surface area contributed by atoms with E-state index in [0.29, 0.717) is 19.4 Å². The molecule has 1 fully saturated rings. The van der Waals surface area contributed by atoms with E-state index in [0.717, 1.165) is 11.0 Å². The van der Waals surface area contributed by atoms with E-state index in [-0.39, 0.29) is 5.69 Å². The van der Waals surface area contributed by atoms with E-state index in [1.807, 2.05) is 4.98 Å². The number of carboxylic acid groups (broad SMARTS) is 1. The number of aromatic nitrogens is 2. The Labute approximate surface area is 100 Å². The van der Waals surface area contributed by atoms with Gasteiger partial charge in [0.05, 0.1) is 0 Å². The van der Waals surface area contributed by atoms with Crippen LogP contribution in [0.2, 0.25) is 0 Å². The largest absolute Gasteiger partial charge is 0.480 e. The number of carbonyl (C=O) groups is 2. The van der Waals surface area contributed by atoms with Gasteiger partial charge in [-0.3, -0.25) is 14.6 Å². The molecule has 1 aromatic heterocycles. The van der Waals surface area contributed by atoms with Gasteiger partial charge in [0, 0.05) is 12.6 Å². The minimum absolute atomic E-state index is 0.197. The summed E-state index contributed by atoms with van der Waals surface area (Å²) in [6.07, 6.45) is 0.949. The minimum Gasteiger partial charge on any atom is -0.480 e. The summed E-state index contributed by atoms with van der Waals surface area (Å²) < 4.78 is 0. The van der Waals surface area contributed by atoms with Crippen LogP contribution in [-0.2, 0) is 4.79 Å². The number of carbonyl (C=O) groups excluding carboxylic acids is 1. The van der Waals surface area contributed by atoms with E-state index in [1.165, 1.54) is 0 Å². The van der Waals surface area contributed by atoms with Crippen LogP contribution in [-0.4, -0.2) is 44.4 Å². The van der Waals surface area contributed by atoms with Crippen LogP contribution in [0.4, 0.5) is 0 Å². The summed E-state index contributed by atoms with van der Waals surface area (Å²) in [6, 6.07) is 0.0429. The fraction of sp³-hybridized carbons (Fsp3) is 0.400. The lowest BCUT2D eigenvalue weighted by Crippen LogP contribution is -2.42. The van der Waals surface area contributed by atoms with Crippen molar-refractivity contribution in [2.24, 2.45) is 0 Å². The Morgan fingerprint density at radius 1 is 1.33 bits per heavy atom. The number of hydrogen-bond acceptors (Lipinski definition) is 4. The number of carboxylic acids is 1. The predicted octanol–water partition coefficient (Wildman–Crippen LogP) is -1.25. The molecule has 1 aromatic rings. The van der Waals surface area contributed by atoms with Crippen LogP contribution in [0, 0.1) is 0 Å². The molecule has 8 nitrogen and oxygen atoms in total. The van der Waals surface area contributed by atoms with Crippen LogP contribution in [0.15, 0.2) is 15.7 Å². The molecule has 3 N–H and O–H groups in total. The second kappa shape index (κ2) is 4.47. The first kappa shape index (κ1) is 12.1. The fourth-order valence-corrected chi connectivity index (χ4v) is 2.01. The zero-order valence-corrected chi connectivity index (χ0v) is 9.30. The predicted molar refractivity (Wildman–Crippen MR) is 59.4 cm³/mol. The van der Waals surface area contributed by atoms with Gasteiger partial charge in [-0.25, -0.2) is 9.59 Å². The van der Waals surface area contributed by atoms with E-state index >= 15 is 0 Å². The lowest BCUT2D eigenvalue weighted by Gasteiger charge is -2.20. The van der Waals surface area contributed by atoms with E-state index in [4.69, 9.17) is 5.11 Å². The molecule has 2 rings (SSSR count). The van der Waals surface area contributed by atoms with Gasteiger partial charge in [-0.1, -0.05) is 0 Å². The number of H-pyrrole nitrogens is 2. The number of aliphatic carboxylic acids is 1. The van der Waals surface area contributed by atoms with Crippen molar-refractivity contribution < 1.29 is 14.7 Å². The molecular formula is C10H11N3O5. The fourth-order valence-electron chi connectivity index (χ4n) is 2.01. The summed E-state index contributed by atoms with van der Waals surface area (Å²) in [6.45, 7) is 0.296. The molecule has 96 valence electrons. The highest BCUT2D eigenvalue weighted by atomic mass is 16.4. The topological polar surface area (TPSA) is 123 Å². The molecule has 0 saturated carbocycles. The Balaban J connectivity index is 2.33. The average Bonchev–Trinajstić information content (AvgIpc) is 2.75. The summed E-state index contributed by atoms with van der Waals surface area (Å²) in [5.41, 5.74) is -1.69. The Kier molecular flexibility index (Phi) is 3.00. The SMILES string of the molecule is O=C(O)C1CCCN1C(=O)c1cc(=O)[nH]c(=O)[nH]1. The summed E-state index contributed by atoms with van der Waals surface area (Å²) in [5, 5.41) is 8.95. The molecule has 1 unspecified atom stereocenters. The molecule has 8 heteroatoms. The lowest BCUT2D eigenvalue weighted by molar-refractivity contribution is -0.141. The molecule has 0 radical (unpaired) electrons. The van der Waals surface area contributed by atoms with Crippen molar-refractivity contribution in [2.75, 3.05) is 6.54 Å². The lowest BCUT2D eigenvalue weighted by atomic mass is 10.2. The van der Waals surface area contributed by atoms with E-state index < -0.39 is 29.2 Å². The molecule has 1 aliphatic heterocycles. The van der Waals surface area contributed by atoms with Crippen molar-refractivity contribution in [1.82, 2.24) is 14.9 Å². The molecule has 1 amide bonds. The molecule has 0 bridgehead atoms. The highest BCUT2D eigenvalue weighted by molar-refractivity contribution is 5.95. The molecule has 1 saturated heterocycles. The molecular weight excluding hydrogens is 242 g/mol. The monoisotopic (exact) mass is 253 g/mol. The molecule has 2 heterocycles.